The molecule has 1 amide bonds. The van der Waals surface area contributed by atoms with E-state index >= 15 is 0 Å². The number of aromatic amines is 1. The molecule has 3 nitrogen and oxygen atoms in total. The first-order chi connectivity index (χ1) is 13.3. The number of amides is 1. The van der Waals surface area contributed by atoms with Crippen LogP contribution in [0.3, 0.4) is 0 Å². The highest BCUT2D eigenvalue weighted by atomic mass is 16.2. The number of para-hydroxylation sites is 1. The Morgan fingerprint density at radius 1 is 1.00 bits per heavy atom. The molecule has 0 radical (unpaired) electrons. The molecule has 2 aliphatic rings. The van der Waals surface area contributed by atoms with Gasteiger partial charge < -0.3 is 9.88 Å². The summed E-state index contributed by atoms with van der Waals surface area (Å²) >= 11 is 0. The predicted octanol–water partition coefficient (Wildman–Crippen LogP) is 4.68. The lowest BCUT2D eigenvalue weighted by Gasteiger charge is -2.34. The van der Waals surface area contributed by atoms with Crippen molar-refractivity contribution in [3.8, 4) is 0 Å². The van der Waals surface area contributed by atoms with Crippen LogP contribution in [0.2, 0.25) is 0 Å². The summed E-state index contributed by atoms with van der Waals surface area (Å²) in [7, 11) is 0. The Hall–Kier alpha value is -2.55. The molecule has 0 spiro atoms. The average molecular weight is 358 g/mol. The maximum Gasteiger partial charge on any atom is 0.233 e. The zero-order valence-electron chi connectivity index (χ0n) is 15.7. The molecule has 3 heteroatoms. The quantitative estimate of drug-likeness (QED) is 0.722. The molecule has 0 atom stereocenters. The molecule has 2 fully saturated rings. The lowest BCUT2D eigenvalue weighted by atomic mass is 9.88. The molecule has 1 aliphatic carbocycles. The van der Waals surface area contributed by atoms with Gasteiger partial charge >= 0.3 is 0 Å². The van der Waals surface area contributed by atoms with Gasteiger partial charge in [0.15, 0.2) is 0 Å². The molecule has 1 N–H and O–H groups in total. The number of likely N-dealkylation sites (tertiary alicyclic amines) is 1. The topological polar surface area (TPSA) is 36.1 Å². The molecule has 1 saturated carbocycles. The Balaban J connectivity index is 1.28. The third-order valence-corrected chi connectivity index (χ3v) is 6.53. The van der Waals surface area contributed by atoms with E-state index in [1.165, 1.54) is 16.5 Å². The SMILES string of the molecule is O=C(N1CCC(Cc2ccccc2)CC1)C1(c2c[nH]c3ccccc23)CC1. The number of hydrogen-bond acceptors (Lipinski definition) is 1. The number of H-pyrrole nitrogens is 1. The Morgan fingerprint density at radius 2 is 1.70 bits per heavy atom. The largest absolute Gasteiger partial charge is 0.361 e. The van der Waals surface area contributed by atoms with Gasteiger partial charge in [-0.2, -0.15) is 0 Å². The second kappa shape index (κ2) is 6.56. The summed E-state index contributed by atoms with van der Waals surface area (Å²) in [4.78, 5) is 18.9. The van der Waals surface area contributed by atoms with E-state index in [1.807, 2.05) is 6.07 Å². The number of rotatable bonds is 4. The Labute approximate surface area is 160 Å². The van der Waals surface area contributed by atoms with E-state index in [1.54, 1.807) is 0 Å². The summed E-state index contributed by atoms with van der Waals surface area (Å²) in [6.07, 6.45) is 7.40. The fourth-order valence-corrected chi connectivity index (χ4v) is 4.78. The minimum Gasteiger partial charge on any atom is -0.361 e. The third kappa shape index (κ3) is 2.95. The maximum atomic E-state index is 13.4. The molecule has 5 rings (SSSR count). The van der Waals surface area contributed by atoms with Crippen molar-refractivity contribution in [2.24, 2.45) is 5.92 Å². The molecule has 138 valence electrons. The Kier molecular flexibility index (Phi) is 4.04. The zero-order chi connectivity index (χ0) is 18.3. The molecule has 2 heterocycles. The van der Waals surface area contributed by atoms with Crippen LogP contribution in [0.15, 0.2) is 60.8 Å². The highest BCUT2D eigenvalue weighted by Gasteiger charge is 2.54. The van der Waals surface area contributed by atoms with Crippen LogP contribution >= 0.6 is 0 Å². The van der Waals surface area contributed by atoms with Gasteiger partial charge in [0.25, 0.3) is 0 Å². The smallest absolute Gasteiger partial charge is 0.233 e. The van der Waals surface area contributed by atoms with Crippen LogP contribution in [-0.2, 0) is 16.6 Å². The van der Waals surface area contributed by atoms with E-state index < -0.39 is 0 Å². The van der Waals surface area contributed by atoms with Crippen LogP contribution in [0.1, 0.15) is 36.8 Å². The molecule has 27 heavy (non-hydrogen) atoms. The number of piperidine rings is 1. The molecule has 0 unspecified atom stereocenters. The number of hydrogen-bond donors (Lipinski definition) is 1. The van der Waals surface area contributed by atoms with E-state index in [9.17, 15) is 4.79 Å². The summed E-state index contributed by atoms with van der Waals surface area (Å²) in [5.74, 6) is 1.05. The van der Waals surface area contributed by atoms with Crippen LogP contribution in [0, 0.1) is 5.92 Å². The molecule has 3 aromatic rings. The summed E-state index contributed by atoms with van der Waals surface area (Å²) in [5.41, 5.74) is 3.48. The van der Waals surface area contributed by atoms with Gasteiger partial charge in [-0.25, -0.2) is 0 Å². The van der Waals surface area contributed by atoms with Gasteiger partial charge in [-0.3, -0.25) is 4.79 Å². The highest BCUT2D eigenvalue weighted by Crippen LogP contribution is 2.52. The molecular formula is C24H26N2O. The Bertz CT molecular complexity index is 947. The van der Waals surface area contributed by atoms with Gasteiger partial charge in [0.1, 0.15) is 0 Å². The second-order valence-corrected chi connectivity index (χ2v) is 8.26. The Morgan fingerprint density at radius 3 is 2.44 bits per heavy atom. The van der Waals surface area contributed by atoms with E-state index in [2.05, 4.69) is 64.6 Å². The summed E-state index contributed by atoms with van der Waals surface area (Å²) in [6.45, 7) is 1.81. The second-order valence-electron chi connectivity index (χ2n) is 8.26. The molecule has 2 aromatic carbocycles. The van der Waals surface area contributed by atoms with E-state index in [4.69, 9.17) is 0 Å². The number of aromatic nitrogens is 1. The van der Waals surface area contributed by atoms with Gasteiger partial charge in [0, 0.05) is 30.2 Å². The third-order valence-electron chi connectivity index (χ3n) is 6.53. The monoisotopic (exact) mass is 358 g/mol. The van der Waals surface area contributed by atoms with Gasteiger partial charge in [-0.05, 0) is 55.2 Å². The highest BCUT2D eigenvalue weighted by molar-refractivity contribution is 5.97. The van der Waals surface area contributed by atoms with Crippen LogP contribution < -0.4 is 0 Å². The van der Waals surface area contributed by atoms with Crippen LogP contribution in [0.25, 0.3) is 10.9 Å². The number of benzene rings is 2. The average Bonchev–Trinajstić information content (AvgIpc) is 3.41. The van der Waals surface area contributed by atoms with Crippen molar-refractivity contribution in [2.75, 3.05) is 13.1 Å². The first-order valence-corrected chi connectivity index (χ1v) is 10.2. The summed E-state index contributed by atoms with van der Waals surface area (Å²) in [5, 5.41) is 1.21. The van der Waals surface area contributed by atoms with Crippen molar-refractivity contribution in [3.63, 3.8) is 0 Å². The lowest BCUT2D eigenvalue weighted by Crippen LogP contribution is -2.44. The number of nitrogens with one attached hydrogen (secondary N) is 1. The molecule has 1 aliphatic heterocycles. The standard InChI is InChI=1S/C24H26N2O/c27-23(24(12-13-24)21-17-25-22-9-5-4-8-20(21)22)26-14-10-19(11-15-26)16-18-6-2-1-3-7-18/h1-9,17,19,25H,10-16H2. The van der Waals surface area contributed by atoms with Gasteiger partial charge in [-0.15, -0.1) is 0 Å². The van der Waals surface area contributed by atoms with Crippen LogP contribution in [0.4, 0.5) is 0 Å². The van der Waals surface area contributed by atoms with E-state index in [-0.39, 0.29) is 5.41 Å². The predicted molar refractivity (Wildman–Crippen MR) is 109 cm³/mol. The number of fused-ring (bicyclic) bond motifs is 1. The molecule has 0 bridgehead atoms. The lowest BCUT2D eigenvalue weighted by molar-refractivity contribution is -0.135. The number of nitrogens with zero attached hydrogens (tertiary/aromatic N) is 1. The minimum atomic E-state index is -0.272. The van der Waals surface area contributed by atoms with Crippen molar-refractivity contribution in [1.29, 1.82) is 0 Å². The van der Waals surface area contributed by atoms with E-state index in [0.717, 1.165) is 50.7 Å². The van der Waals surface area contributed by atoms with E-state index in [0.29, 0.717) is 11.8 Å². The first-order valence-electron chi connectivity index (χ1n) is 10.2. The van der Waals surface area contributed by atoms with Crippen molar-refractivity contribution < 1.29 is 4.79 Å². The molecule has 1 aromatic heterocycles. The van der Waals surface area contributed by atoms with Crippen molar-refractivity contribution in [1.82, 2.24) is 9.88 Å². The van der Waals surface area contributed by atoms with Gasteiger partial charge in [0.05, 0.1) is 5.41 Å². The summed E-state index contributed by atoms with van der Waals surface area (Å²) < 4.78 is 0. The number of carbonyl (C=O) groups is 1. The number of carbonyl (C=O) groups excluding carboxylic acids is 1. The van der Waals surface area contributed by atoms with Gasteiger partial charge in [0.2, 0.25) is 5.91 Å². The summed E-state index contributed by atoms with van der Waals surface area (Å²) in [6, 6.07) is 19.1. The molecule has 1 saturated heterocycles. The maximum absolute atomic E-state index is 13.4. The fourth-order valence-electron chi connectivity index (χ4n) is 4.78. The van der Waals surface area contributed by atoms with Crippen molar-refractivity contribution in [2.45, 2.75) is 37.5 Å². The first kappa shape index (κ1) is 16.6. The van der Waals surface area contributed by atoms with Gasteiger partial charge in [-0.1, -0.05) is 48.5 Å². The zero-order valence-corrected chi connectivity index (χ0v) is 15.7. The van der Waals surface area contributed by atoms with Crippen LogP contribution in [-0.4, -0.2) is 28.9 Å². The fraction of sp³-hybridized carbons (Fsp3) is 0.375. The van der Waals surface area contributed by atoms with Crippen molar-refractivity contribution >= 4 is 16.8 Å². The normalized spacial score (nSPS) is 19.3. The minimum absolute atomic E-state index is 0.272. The molecular weight excluding hydrogens is 332 g/mol. The van der Waals surface area contributed by atoms with Crippen LogP contribution in [0.5, 0.6) is 0 Å². The van der Waals surface area contributed by atoms with Crippen molar-refractivity contribution in [3.05, 3.63) is 71.9 Å².